The van der Waals surface area contributed by atoms with E-state index < -0.39 is 17.4 Å². The number of nitrogens with one attached hydrogen (secondary N) is 1. The van der Waals surface area contributed by atoms with Crippen LogP contribution in [0.2, 0.25) is 5.02 Å². The van der Waals surface area contributed by atoms with Crippen molar-refractivity contribution < 1.29 is 19.1 Å². The first kappa shape index (κ1) is 19.8. The van der Waals surface area contributed by atoms with E-state index in [4.69, 9.17) is 16.3 Å². The third kappa shape index (κ3) is 2.22. The summed E-state index contributed by atoms with van der Waals surface area (Å²) >= 11 is 6.21. The molecule has 7 nitrogen and oxygen atoms in total. The van der Waals surface area contributed by atoms with Gasteiger partial charge in [-0.2, -0.15) is 0 Å². The number of aryl methyl sites for hydroxylation is 1. The summed E-state index contributed by atoms with van der Waals surface area (Å²) in [6, 6.07) is 10.5. The van der Waals surface area contributed by atoms with E-state index in [2.05, 4.69) is 10.2 Å². The number of ether oxygens (including phenoxy) is 1. The molecule has 8 heteroatoms. The van der Waals surface area contributed by atoms with Gasteiger partial charge in [0, 0.05) is 22.3 Å². The van der Waals surface area contributed by atoms with Crippen molar-refractivity contribution in [1.82, 2.24) is 4.90 Å². The van der Waals surface area contributed by atoms with Gasteiger partial charge in [-0.05, 0) is 50.6 Å². The molecular formula is C24H22ClN3O4. The Morgan fingerprint density at radius 2 is 1.94 bits per heavy atom. The Bertz CT molecular complexity index is 1210. The summed E-state index contributed by atoms with van der Waals surface area (Å²) in [7, 11) is 1.49. The van der Waals surface area contributed by atoms with Crippen LogP contribution in [-0.4, -0.2) is 42.3 Å². The van der Waals surface area contributed by atoms with Crippen molar-refractivity contribution in [2.75, 3.05) is 23.9 Å². The molecule has 0 unspecified atom stereocenters. The van der Waals surface area contributed by atoms with E-state index in [1.165, 1.54) is 12.0 Å². The van der Waals surface area contributed by atoms with Gasteiger partial charge in [0.15, 0.2) is 0 Å². The van der Waals surface area contributed by atoms with Gasteiger partial charge in [0.25, 0.3) is 0 Å². The molecular weight excluding hydrogens is 430 g/mol. The molecule has 4 aliphatic heterocycles. The summed E-state index contributed by atoms with van der Waals surface area (Å²) in [5.74, 6) is -1.89. The standard InChI is InChI=1S/C24H22ClN3O4/c1-12-5-7-15-14(10-12)24(23(31)26-15)20-19(16-4-3-9-27(16)24)21(29)28(22(20)30)17-11-13(25)6-8-18(17)32-2/h5-8,10-11,16,19-20H,3-4,9H2,1-2H3,(H,26,31)/t16-,19+,20-,24+/m0/s1. The number of rotatable bonds is 2. The highest BCUT2D eigenvalue weighted by molar-refractivity contribution is 6.32. The maximum Gasteiger partial charge on any atom is 0.250 e. The van der Waals surface area contributed by atoms with Gasteiger partial charge in [0.2, 0.25) is 17.7 Å². The molecule has 164 valence electrons. The Kier molecular flexibility index (Phi) is 4.05. The predicted octanol–water partition coefficient (Wildman–Crippen LogP) is 3.09. The molecule has 4 heterocycles. The largest absolute Gasteiger partial charge is 0.495 e. The maximum atomic E-state index is 14.0. The highest BCUT2D eigenvalue weighted by Gasteiger charge is 2.74. The summed E-state index contributed by atoms with van der Waals surface area (Å²) in [5, 5.41) is 3.39. The average Bonchev–Trinajstić information content (AvgIpc) is 3.46. The van der Waals surface area contributed by atoms with Crippen LogP contribution in [0, 0.1) is 18.8 Å². The van der Waals surface area contributed by atoms with Gasteiger partial charge in [-0.15, -0.1) is 0 Å². The molecule has 0 aromatic heterocycles. The zero-order chi connectivity index (χ0) is 22.4. The summed E-state index contributed by atoms with van der Waals surface area (Å²) in [5.41, 5.74) is 1.66. The molecule has 3 amide bonds. The lowest BCUT2D eigenvalue weighted by Gasteiger charge is -2.36. The van der Waals surface area contributed by atoms with E-state index in [1.54, 1.807) is 18.2 Å². The maximum absolute atomic E-state index is 14.0. The molecule has 2 aromatic rings. The van der Waals surface area contributed by atoms with E-state index in [0.717, 1.165) is 24.0 Å². The summed E-state index contributed by atoms with van der Waals surface area (Å²) in [6.07, 6.45) is 1.66. The molecule has 2 aromatic carbocycles. The number of fused-ring (bicyclic) bond motifs is 7. The Morgan fingerprint density at radius 3 is 2.72 bits per heavy atom. The summed E-state index contributed by atoms with van der Waals surface area (Å²) in [4.78, 5) is 44.8. The van der Waals surface area contributed by atoms with Crippen LogP contribution in [0.25, 0.3) is 0 Å². The molecule has 3 saturated heterocycles. The lowest BCUT2D eigenvalue weighted by Crippen LogP contribution is -2.54. The molecule has 0 saturated carbocycles. The third-order valence-corrected chi connectivity index (χ3v) is 7.76. The lowest BCUT2D eigenvalue weighted by molar-refractivity contribution is -0.135. The van der Waals surface area contributed by atoms with Crippen LogP contribution in [0.4, 0.5) is 11.4 Å². The molecule has 3 fully saturated rings. The minimum Gasteiger partial charge on any atom is -0.495 e. The number of benzene rings is 2. The quantitative estimate of drug-likeness (QED) is 0.710. The number of amides is 3. The van der Waals surface area contributed by atoms with Crippen molar-refractivity contribution in [2.24, 2.45) is 11.8 Å². The van der Waals surface area contributed by atoms with Crippen LogP contribution in [0.3, 0.4) is 0 Å². The Hall–Kier alpha value is -2.90. The first-order valence-corrected chi connectivity index (χ1v) is 11.2. The number of nitrogens with zero attached hydrogens (tertiary/aromatic N) is 2. The van der Waals surface area contributed by atoms with E-state index in [9.17, 15) is 14.4 Å². The molecule has 1 N–H and O–H groups in total. The molecule has 32 heavy (non-hydrogen) atoms. The highest BCUT2D eigenvalue weighted by Crippen LogP contribution is 2.61. The monoisotopic (exact) mass is 451 g/mol. The minimum absolute atomic E-state index is 0.163. The SMILES string of the molecule is COc1ccc(Cl)cc1N1C(=O)[C@H]2[C@@H](C1=O)[C@]1(C(=O)Nc3ccc(C)cc31)N1CCC[C@@H]21. The van der Waals surface area contributed by atoms with Gasteiger partial charge >= 0.3 is 0 Å². The third-order valence-electron chi connectivity index (χ3n) is 7.53. The number of carbonyl (C=O) groups excluding carboxylic acids is 3. The number of halogens is 1. The number of hydrogen-bond donors (Lipinski definition) is 1. The van der Waals surface area contributed by atoms with Gasteiger partial charge in [0.1, 0.15) is 11.3 Å². The second kappa shape index (κ2) is 6.56. The second-order valence-corrected chi connectivity index (χ2v) is 9.44. The molecule has 4 atom stereocenters. The Balaban J connectivity index is 1.57. The fraction of sp³-hybridized carbons (Fsp3) is 0.375. The number of methoxy groups -OCH3 is 1. The van der Waals surface area contributed by atoms with Crippen molar-refractivity contribution in [1.29, 1.82) is 0 Å². The predicted molar refractivity (Wildman–Crippen MR) is 119 cm³/mol. The van der Waals surface area contributed by atoms with Crippen LogP contribution >= 0.6 is 11.6 Å². The van der Waals surface area contributed by atoms with Gasteiger partial charge < -0.3 is 10.1 Å². The highest BCUT2D eigenvalue weighted by atomic mass is 35.5. The van der Waals surface area contributed by atoms with Crippen molar-refractivity contribution >= 4 is 40.7 Å². The van der Waals surface area contributed by atoms with E-state index in [-0.39, 0.29) is 23.8 Å². The van der Waals surface area contributed by atoms with Crippen molar-refractivity contribution in [3.8, 4) is 5.75 Å². The molecule has 6 rings (SSSR count). The van der Waals surface area contributed by atoms with E-state index >= 15 is 0 Å². The van der Waals surface area contributed by atoms with E-state index in [1.807, 2.05) is 25.1 Å². The first-order chi connectivity index (χ1) is 15.4. The van der Waals surface area contributed by atoms with Crippen LogP contribution in [0.15, 0.2) is 36.4 Å². The lowest BCUT2D eigenvalue weighted by atomic mass is 9.75. The van der Waals surface area contributed by atoms with Crippen LogP contribution in [0.1, 0.15) is 24.0 Å². The van der Waals surface area contributed by atoms with Crippen molar-refractivity contribution in [3.63, 3.8) is 0 Å². The van der Waals surface area contributed by atoms with Gasteiger partial charge in [-0.3, -0.25) is 19.3 Å². The zero-order valence-corrected chi connectivity index (χ0v) is 18.5. The Labute approximate surface area is 190 Å². The molecule has 4 aliphatic rings. The minimum atomic E-state index is -1.18. The van der Waals surface area contributed by atoms with Crippen LogP contribution < -0.4 is 15.0 Å². The fourth-order valence-corrected chi connectivity index (χ4v) is 6.56. The topological polar surface area (TPSA) is 78.9 Å². The molecule has 0 bridgehead atoms. The van der Waals surface area contributed by atoms with Gasteiger partial charge in [-0.25, -0.2) is 4.90 Å². The number of carbonyl (C=O) groups is 3. The zero-order valence-electron chi connectivity index (χ0n) is 17.7. The second-order valence-electron chi connectivity index (χ2n) is 9.00. The Morgan fingerprint density at radius 1 is 1.12 bits per heavy atom. The number of anilines is 2. The van der Waals surface area contributed by atoms with Crippen molar-refractivity contribution in [3.05, 3.63) is 52.5 Å². The first-order valence-electron chi connectivity index (χ1n) is 10.8. The number of imide groups is 1. The van der Waals surface area contributed by atoms with Crippen LogP contribution in [-0.2, 0) is 19.9 Å². The van der Waals surface area contributed by atoms with Gasteiger partial charge in [0.05, 0.1) is 24.6 Å². The molecule has 1 spiro atoms. The van der Waals surface area contributed by atoms with Crippen LogP contribution in [0.5, 0.6) is 5.75 Å². The average molecular weight is 452 g/mol. The molecule has 0 radical (unpaired) electrons. The summed E-state index contributed by atoms with van der Waals surface area (Å²) in [6.45, 7) is 2.65. The van der Waals surface area contributed by atoms with E-state index in [0.29, 0.717) is 28.7 Å². The van der Waals surface area contributed by atoms with Crippen molar-refractivity contribution in [2.45, 2.75) is 31.3 Å². The number of hydrogen-bond acceptors (Lipinski definition) is 5. The smallest absolute Gasteiger partial charge is 0.250 e. The summed E-state index contributed by atoms with van der Waals surface area (Å²) < 4.78 is 5.43. The van der Waals surface area contributed by atoms with Gasteiger partial charge in [-0.1, -0.05) is 29.3 Å². The fourth-order valence-electron chi connectivity index (χ4n) is 6.39. The normalized spacial score (nSPS) is 30.7. The molecule has 0 aliphatic carbocycles.